The highest BCUT2D eigenvalue weighted by atomic mass is 19.1. The Hall–Kier alpha value is -1.64. The molecule has 0 heterocycles. The molecule has 0 spiro atoms. The van der Waals surface area contributed by atoms with Gasteiger partial charge in [-0.15, -0.1) is 0 Å². The molecule has 3 N–H and O–H groups in total. The minimum absolute atomic E-state index is 0.0520. The predicted octanol–water partition coefficient (Wildman–Crippen LogP) is 2.40. The van der Waals surface area contributed by atoms with Gasteiger partial charge in [0.05, 0.1) is 18.4 Å². The summed E-state index contributed by atoms with van der Waals surface area (Å²) in [5.74, 6) is -0.500. The second-order valence-corrected chi connectivity index (χ2v) is 5.11. The van der Waals surface area contributed by atoms with E-state index in [4.69, 9.17) is 15.7 Å². The molecule has 1 saturated carbocycles. The van der Waals surface area contributed by atoms with Gasteiger partial charge in [0.1, 0.15) is 17.4 Å². The smallest absolute Gasteiger partial charge is 0.143 e. The molecule has 0 unspecified atom stereocenters. The molecule has 1 aromatic rings. The first kappa shape index (κ1) is 14.8. The van der Waals surface area contributed by atoms with Crippen molar-refractivity contribution in [2.75, 3.05) is 18.5 Å². The summed E-state index contributed by atoms with van der Waals surface area (Å²) in [4.78, 5) is 0. The van der Waals surface area contributed by atoms with Crippen LogP contribution in [0.5, 0.6) is 0 Å². The minimum Gasteiger partial charge on any atom is -0.382 e. The van der Waals surface area contributed by atoms with Crippen LogP contribution in [-0.2, 0) is 4.74 Å². The number of hydrogen-bond donors (Lipinski definition) is 2. The number of nitrogens with zero attached hydrogens (tertiary/aromatic N) is 1. The van der Waals surface area contributed by atoms with Crippen LogP contribution in [0, 0.1) is 17.1 Å². The van der Waals surface area contributed by atoms with Crippen LogP contribution in [0.3, 0.4) is 0 Å². The average Bonchev–Trinajstić information content (AvgIpc) is 2.45. The highest BCUT2D eigenvalue weighted by molar-refractivity contribution is 5.57. The van der Waals surface area contributed by atoms with Gasteiger partial charge in [0.15, 0.2) is 0 Å². The van der Waals surface area contributed by atoms with E-state index in [0.29, 0.717) is 24.9 Å². The van der Waals surface area contributed by atoms with Gasteiger partial charge in [-0.3, -0.25) is 0 Å². The molecule has 0 aromatic heterocycles. The number of nitrogens with two attached hydrogens (primary N) is 1. The molecule has 108 valence electrons. The lowest BCUT2D eigenvalue weighted by atomic mass is 9.94. The third-order valence-corrected chi connectivity index (χ3v) is 3.62. The zero-order valence-electron chi connectivity index (χ0n) is 11.4. The maximum absolute atomic E-state index is 13.4. The number of halogens is 1. The Labute approximate surface area is 118 Å². The summed E-state index contributed by atoms with van der Waals surface area (Å²) in [7, 11) is 0. The third-order valence-electron chi connectivity index (χ3n) is 3.62. The Bertz CT molecular complexity index is 478. The van der Waals surface area contributed by atoms with Crippen molar-refractivity contribution in [3.63, 3.8) is 0 Å². The topological polar surface area (TPSA) is 71.1 Å². The van der Waals surface area contributed by atoms with Crippen LogP contribution in [0.2, 0.25) is 0 Å². The van der Waals surface area contributed by atoms with Gasteiger partial charge >= 0.3 is 0 Å². The van der Waals surface area contributed by atoms with E-state index in [-0.39, 0.29) is 11.7 Å². The molecule has 0 aliphatic heterocycles. The van der Waals surface area contributed by atoms with Crippen LogP contribution in [-0.4, -0.2) is 25.3 Å². The van der Waals surface area contributed by atoms with Crippen LogP contribution in [0.1, 0.15) is 31.2 Å². The summed E-state index contributed by atoms with van der Waals surface area (Å²) in [6.07, 6.45) is 4.32. The van der Waals surface area contributed by atoms with E-state index in [1.165, 1.54) is 6.07 Å². The number of nitrogens with one attached hydrogen (secondary N) is 1. The van der Waals surface area contributed by atoms with Gasteiger partial charge in [-0.2, -0.15) is 5.26 Å². The van der Waals surface area contributed by atoms with Crippen molar-refractivity contribution in [1.82, 2.24) is 0 Å². The van der Waals surface area contributed by atoms with Crippen molar-refractivity contribution in [2.45, 2.75) is 37.8 Å². The number of ether oxygens (including phenoxy) is 1. The Balaban J connectivity index is 1.74. The largest absolute Gasteiger partial charge is 0.382 e. The lowest BCUT2D eigenvalue weighted by Gasteiger charge is -2.26. The maximum atomic E-state index is 13.4. The van der Waals surface area contributed by atoms with Crippen molar-refractivity contribution in [3.8, 4) is 6.07 Å². The second kappa shape index (κ2) is 7.22. The van der Waals surface area contributed by atoms with E-state index >= 15 is 0 Å². The van der Waals surface area contributed by atoms with Crippen LogP contribution >= 0.6 is 0 Å². The molecule has 1 aromatic carbocycles. The first-order valence-corrected chi connectivity index (χ1v) is 7.00. The van der Waals surface area contributed by atoms with Crippen molar-refractivity contribution >= 4 is 5.69 Å². The normalized spacial score (nSPS) is 22.2. The van der Waals surface area contributed by atoms with Gasteiger partial charge in [-0.25, -0.2) is 4.39 Å². The van der Waals surface area contributed by atoms with Gasteiger partial charge < -0.3 is 15.8 Å². The number of nitriles is 1. The molecular weight excluding hydrogens is 257 g/mol. The van der Waals surface area contributed by atoms with E-state index in [9.17, 15) is 4.39 Å². The maximum Gasteiger partial charge on any atom is 0.143 e. The Kier molecular flexibility index (Phi) is 5.33. The van der Waals surface area contributed by atoms with Crippen LogP contribution < -0.4 is 11.1 Å². The second-order valence-electron chi connectivity index (χ2n) is 5.11. The first-order valence-electron chi connectivity index (χ1n) is 7.00. The van der Waals surface area contributed by atoms with Gasteiger partial charge in [0.25, 0.3) is 0 Å². The summed E-state index contributed by atoms with van der Waals surface area (Å²) in [6, 6.07) is 6.75. The molecule has 0 bridgehead atoms. The number of anilines is 1. The first-order chi connectivity index (χ1) is 9.70. The quantitative estimate of drug-likeness (QED) is 0.811. The Morgan fingerprint density at radius 1 is 1.35 bits per heavy atom. The average molecular weight is 277 g/mol. The highest BCUT2D eigenvalue weighted by Gasteiger charge is 2.18. The Morgan fingerprint density at radius 3 is 2.80 bits per heavy atom. The SMILES string of the molecule is N#Cc1c(F)cccc1NCCOC1CCC(N)CC1. The van der Waals surface area contributed by atoms with Gasteiger partial charge in [0, 0.05) is 12.6 Å². The zero-order valence-corrected chi connectivity index (χ0v) is 11.4. The summed E-state index contributed by atoms with van der Waals surface area (Å²) >= 11 is 0. The van der Waals surface area contributed by atoms with Gasteiger partial charge in [-0.1, -0.05) is 6.07 Å². The number of hydrogen-bond acceptors (Lipinski definition) is 4. The van der Waals surface area contributed by atoms with Crippen LogP contribution in [0.4, 0.5) is 10.1 Å². The molecule has 20 heavy (non-hydrogen) atoms. The number of rotatable bonds is 5. The van der Waals surface area contributed by atoms with Gasteiger partial charge in [-0.05, 0) is 37.8 Å². The van der Waals surface area contributed by atoms with E-state index in [1.807, 2.05) is 6.07 Å². The van der Waals surface area contributed by atoms with E-state index < -0.39 is 5.82 Å². The molecule has 0 amide bonds. The van der Waals surface area contributed by atoms with E-state index in [1.54, 1.807) is 12.1 Å². The zero-order chi connectivity index (χ0) is 14.4. The van der Waals surface area contributed by atoms with Crippen molar-refractivity contribution in [1.29, 1.82) is 5.26 Å². The predicted molar refractivity (Wildman–Crippen MR) is 75.8 cm³/mol. The molecule has 0 radical (unpaired) electrons. The molecule has 1 aliphatic carbocycles. The molecule has 2 rings (SSSR count). The van der Waals surface area contributed by atoms with Crippen LogP contribution in [0.25, 0.3) is 0 Å². The highest BCUT2D eigenvalue weighted by Crippen LogP contribution is 2.20. The van der Waals surface area contributed by atoms with Crippen LogP contribution in [0.15, 0.2) is 18.2 Å². The van der Waals surface area contributed by atoms with Gasteiger partial charge in [0.2, 0.25) is 0 Å². The molecule has 1 fully saturated rings. The van der Waals surface area contributed by atoms with E-state index in [0.717, 1.165) is 25.7 Å². The fourth-order valence-electron chi connectivity index (χ4n) is 2.45. The monoisotopic (exact) mass is 277 g/mol. The van der Waals surface area contributed by atoms with Crippen molar-refractivity contribution in [2.24, 2.45) is 5.73 Å². The fraction of sp³-hybridized carbons (Fsp3) is 0.533. The molecular formula is C15H20FN3O. The van der Waals surface area contributed by atoms with Crippen molar-refractivity contribution < 1.29 is 9.13 Å². The summed E-state index contributed by atoms with van der Waals surface area (Å²) < 4.78 is 19.1. The lowest BCUT2D eigenvalue weighted by molar-refractivity contribution is 0.0313. The van der Waals surface area contributed by atoms with E-state index in [2.05, 4.69) is 5.32 Å². The Morgan fingerprint density at radius 2 is 2.10 bits per heavy atom. The molecule has 5 heteroatoms. The summed E-state index contributed by atoms with van der Waals surface area (Å²) in [6.45, 7) is 1.10. The summed E-state index contributed by atoms with van der Waals surface area (Å²) in [5.41, 5.74) is 6.41. The molecule has 0 atom stereocenters. The third kappa shape index (κ3) is 3.92. The molecule has 1 aliphatic rings. The standard InChI is InChI=1S/C15H20FN3O/c16-14-2-1-3-15(13(14)10-17)19-8-9-20-12-6-4-11(18)5-7-12/h1-3,11-12,19H,4-9,18H2. The molecule has 0 saturated heterocycles. The summed E-state index contributed by atoms with van der Waals surface area (Å²) in [5, 5.41) is 12.0. The van der Waals surface area contributed by atoms with Crippen molar-refractivity contribution in [3.05, 3.63) is 29.6 Å². The minimum atomic E-state index is -0.500. The molecule has 4 nitrogen and oxygen atoms in total. The number of benzene rings is 1. The fourth-order valence-corrected chi connectivity index (χ4v) is 2.45. The lowest BCUT2D eigenvalue weighted by Crippen LogP contribution is -2.31.